The molecule has 1 saturated heterocycles. The number of nitrogen functional groups attached to an aromatic ring is 1. The van der Waals surface area contributed by atoms with Gasteiger partial charge in [0.25, 0.3) is 0 Å². The van der Waals surface area contributed by atoms with E-state index in [4.69, 9.17) is 30.7 Å². The van der Waals surface area contributed by atoms with E-state index in [1.165, 1.54) is 23.8 Å². The van der Waals surface area contributed by atoms with Crippen molar-refractivity contribution in [2.75, 3.05) is 18.9 Å². The van der Waals surface area contributed by atoms with E-state index < -0.39 is 43.9 Å². The van der Waals surface area contributed by atoms with Crippen LogP contribution in [0.25, 0.3) is 0 Å². The molecule has 0 radical (unpaired) electrons. The topological polar surface area (TPSA) is 164 Å². The minimum atomic E-state index is -4.16. The summed E-state index contributed by atoms with van der Waals surface area (Å²) in [4.78, 5) is 27.8. The van der Waals surface area contributed by atoms with E-state index in [1.54, 1.807) is 30.3 Å². The monoisotopic (exact) mass is 492 g/mol. The first-order valence-corrected chi connectivity index (χ1v) is 11.8. The third kappa shape index (κ3) is 6.66. The largest absolute Gasteiger partial charge is 0.459 e. The van der Waals surface area contributed by atoms with Crippen molar-refractivity contribution in [3.05, 3.63) is 53.1 Å². The van der Waals surface area contributed by atoms with Crippen LogP contribution in [0.3, 0.4) is 0 Å². The summed E-state index contributed by atoms with van der Waals surface area (Å²) >= 11 is 0. The number of ether oxygens (including phenoxy) is 2. The summed E-state index contributed by atoms with van der Waals surface area (Å²) in [7, 11) is -4.16. The fourth-order valence-electron chi connectivity index (χ4n) is 3.09. The molecular weight excluding hydrogens is 467 g/mol. The molecule has 2 heterocycles. The lowest BCUT2D eigenvalue weighted by molar-refractivity contribution is -0.143. The molecule has 2 aromatic rings. The minimum Gasteiger partial charge on any atom is -0.451 e. The average Bonchev–Trinajstić information content (AvgIpc) is 3.16. The number of hydrogen-bond acceptors (Lipinski definition) is 10. The number of nitrogens with one attached hydrogen (secondary N) is 1. The standard InChI is InChI=1S/C21H25N4O8P/c1-3-11-30-20(27)14(2)24-34(29,33-15-7-5-4-6-8-15)31-13-17-16(26)12-19(32-17)25-10-9-18(22)23-21(25)28/h1,4-10,14,16-17,19,26H,11-13H2,2H3,(H,24,29)(H2,22,23,28)/t14-,16+,17-,19-,34?/m0/s1. The van der Waals surface area contributed by atoms with Gasteiger partial charge in [-0.3, -0.25) is 13.9 Å². The predicted octanol–water partition coefficient (Wildman–Crippen LogP) is 0.832. The number of terminal acetylenes is 1. The van der Waals surface area contributed by atoms with Crippen molar-refractivity contribution in [3.8, 4) is 18.1 Å². The fourth-order valence-corrected chi connectivity index (χ4v) is 4.59. The van der Waals surface area contributed by atoms with Crippen LogP contribution >= 0.6 is 7.75 Å². The minimum absolute atomic E-state index is 0.0552. The quantitative estimate of drug-likeness (QED) is 0.244. The molecule has 12 nitrogen and oxygen atoms in total. The Labute approximate surface area is 195 Å². The molecule has 0 saturated carbocycles. The lowest BCUT2D eigenvalue weighted by atomic mass is 10.2. The number of nitrogens with zero attached hydrogens (tertiary/aromatic N) is 2. The van der Waals surface area contributed by atoms with E-state index in [1.807, 2.05) is 0 Å². The van der Waals surface area contributed by atoms with E-state index in [9.17, 15) is 19.3 Å². The summed E-state index contributed by atoms with van der Waals surface area (Å²) in [5.41, 5.74) is 4.86. The maximum absolute atomic E-state index is 13.5. The van der Waals surface area contributed by atoms with Crippen molar-refractivity contribution < 1.29 is 33.0 Å². The third-order valence-corrected chi connectivity index (χ3v) is 6.39. The SMILES string of the molecule is C#CCOC(=O)[C@H](C)NP(=O)(OC[C@@H]1O[C@H](n2ccc(N)nc2=O)C[C@H]1O)Oc1ccccc1. The average molecular weight is 492 g/mol. The van der Waals surface area contributed by atoms with Gasteiger partial charge in [-0.05, 0) is 25.1 Å². The van der Waals surface area contributed by atoms with Crippen LogP contribution < -0.4 is 21.0 Å². The summed E-state index contributed by atoms with van der Waals surface area (Å²) in [6, 6.07) is 8.50. The van der Waals surface area contributed by atoms with Crippen molar-refractivity contribution in [1.82, 2.24) is 14.6 Å². The lowest BCUT2D eigenvalue weighted by Crippen LogP contribution is -2.36. The van der Waals surface area contributed by atoms with E-state index in [0.717, 1.165) is 0 Å². The van der Waals surface area contributed by atoms with Crippen LogP contribution in [0.4, 0.5) is 5.82 Å². The molecule has 1 fully saturated rings. The van der Waals surface area contributed by atoms with Gasteiger partial charge in [-0.15, -0.1) is 6.42 Å². The maximum Gasteiger partial charge on any atom is 0.459 e. The summed E-state index contributed by atoms with van der Waals surface area (Å²) in [6.07, 6.45) is 3.73. The Morgan fingerprint density at radius 1 is 1.44 bits per heavy atom. The number of aliphatic hydroxyl groups excluding tert-OH is 1. The van der Waals surface area contributed by atoms with Gasteiger partial charge < -0.3 is 24.8 Å². The lowest BCUT2D eigenvalue weighted by Gasteiger charge is -2.24. The molecule has 1 aliphatic rings. The number of rotatable bonds is 10. The molecule has 1 unspecified atom stereocenters. The van der Waals surface area contributed by atoms with Gasteiger partial charge in [0, 0.05) is 12.6 Å². The van der Waals surface area contributed by atoms with Crippen LogP contribution in [0.1, 0.15) is 19.6 Å². The number of carbonyl (C=O) groups excluding carboxylic acids is 1. The van der Waals surface area contributed by atoms with Gasteiger partial charge in [-0.25, -0.2) is 9.36 Å². The molecule has 13 heteroatoms. The second-order valence-corrected chi connectivity index (χ2v) is 9.03. The highest BCUT2D eigenvalue weighted by atomic mass is 31.2. The van der Waals surface area contributed by atoms with E-state index in [-0.39, 0.29) is 31.2 Å². The summed E-state index contributed by atoms with van der Waals surface area (Å²) in [6.45, 7) is 0.775. The summed E-state index contributed by atoms with van der Waals surface area (Å²) in [5, 5.41) is 12.9. The first-order chi connectivity index (χ1) is 16.2. The number of anilines is 1. The third-order valence-electron chi connectivity index (χ3n) is 4.75. The van der Waals surface area contributed by atoms with E-state index in [0.29, 0.717) is 0 Å². The number of aliphatic hydroxyl groups is 1. The smallest absolute Gasteiger partial charge is 0.451 e. The molecule has 0 aliphatic carbocycles. The molecule has 1 aromatic carbocycles. The van der Waals surface area contributed by atoms with E-state index >= 15 is 0 Å². The van der Waals surface area contributed by atoms with Crippen molar-refractivity contribution in [2.24, 2.45) is 0 Å². The van der Waals surface area contributed by atoms with Gasteiger partial charge in [-0.1, -0.05) is 24.1 Å². The summed E-state index contributed by atoms with van der Waals surface area (Å²) in [5.74, 6) is 1.68. The molecule has 3 rings (SSSR count). The van der Waals surface area contributed by atoms with Crippen molar-refractivity contribution in [3.63, 3.8) is 0 Å². The highest BCUT2D eigenvalue weighted by Gasteiger charge is 2.39. The number of esters is 1. The van der Waals surface area contributed by atoms with Gasteiger partial charge >= 0.3 is 19.4 Å². The highest BCUT2D eigenvalue weighted by molar-refractivity contribution is 7.52. The number of nitrogens with two attached hydrogens (primary N) is 1. The molecule has 34 heavy (non-hydrogen) atoms. The zero-order valence-corrected chi connectivity index (χ0v) is 19.2. The predicted molar refractivity (Wildman–Crippen MR) is 120 cm³/mol. The molecular formula is C21H25N4O8P. The Morgan fingerprint density at radius 2 is 2.18 bits per heavy atom. The molecule has 182 valence electrons. The Hall–Kier alpha value is -3.20. The number of carbonyl (C=O) groups is 1. The van der Waals surface area contributed by atoms with Gasteiger partial charge in [0.05, 0.1) is 12.7 Å². The zero-order chi connectivity index (χ0) is 24.7. The molecule has 0 bridgehead atoms. The Bertz CT molecular complexity index is 1140. The molecule has 0 amide bonds. The first-order valence-electron chi connectivity index (χ1n) is 10.3. The van der Waals surface area contributed by atoms with Crippen molar-refractivity contribution >= 4 is 19.5 Å². The van der Waals surface area contributed by atoms with Crippen LogP contribution in [-0.4, -0.2) is 52.1 Å². The molecule has 4 N–H and O–H groups in total. The van der Waals surface area contributed by atoms with E-state index in [2.05, 4.69) is 16.0 Å². The molecule has 1 aliphatic heterocycles. The van der Waals surface area contributed by atoms with Gasteiger partial charge in [-0.2, -0.15) is 10.1 Å². The van der Waals surface area contributed by atoms with Crippen molar-refractivity contribution in [2.45, 2.75) is 37.8 Å². The second kappa shape index (κ2) is 11.3. The number of hydrogen-bond donors (Lipinski definition) is 3. The number of benzene rings is 1. The van der Waals surface area contributed by atoms with Crippen molar-refractivity contribution in [1.29, 1.82) is 0 Å². The van der Waals surface area contributed by atoms with Crippen LogP contribution in [0.5, 0.6) is 5.75 Å². The second-order valence-electron chi connectivity index (χ2n) is 7.33. The summed E-state index contributed by atoms with van der Waals surface area (Å²) < 4.78 is 36.2. The highest BCUT2D eigenvalue weighted by Crippen LogP contribution is 2.45. The van der Waals surface area contributed by atoms with Crippen LogP contribution in [0.2, 0.25) is 0 Å². The maximum atomic E-state index is 13.5. The molecule has 1 aromatic heterocycles. The fraction of sp³-hybridized carbons (Fsp3) is 0.381. The Kier molecular flexibility index (Phi) is 8.44. The van der Waals surface area contributed by atoms with Crippen LogP contribution in [-0.2, 0) is 23.4 Å². The zero-order valence-electron chi connectivity index (χ0n) is 18.3. The number of para-hydroxylation sites is 1. The van der Waals surface area contributed by atoms with Crippen LogP contribution in [0, 0.1) is 12.3 Å². The Morgan fingerprint density at radius 3 is 2.85 bits per heavy atom. The molecule has 5 atom stereocenters. The first kappa shape index (κ1) is 25.4. The molecule has 0 spiro atoms. The van der Waals surface area contributed by atoms with Crippen LogP contribution in [0.15, 0.2) is 47.4 Å². The van der Waals surface area contributed by atoms with Gasteiger partial charge in [0.15, 0.2) is 6.61 Å². The normalized spacial score (nSPS) is 22.3. The Balaban J connectivity index is 1.70. The van der Waals surface area contributed by atoms with Gasteiger partial charge in [0.1, 0.15) is 29.9 Å². The number of aromatic nitrogens is 2. The van der Waals surface area contributed by atoms with Gasteiger partial charge in [0.2, 0.25) is 0 Å².